The summed E-state index contributed by atoms with van der Waals surface area (Å²) >= 11 is 0. The van der Waals surface area contributed by atoms with Gasteiger partial charge in [-0.3, -0.25) is 9.79 Å². The Labute approximate surface area is 92.4 Å². The lowest BCUT2D eigenvalue weighted by Crippen LogP contribution is -2.20. The van der Waals surface area contributed by atoms with Gasteiger partial charge in [0, 0.05) is 18.4 Å². The molecule has 2 aliphatic rings. The SMILES string of the molecule is O=C1C=C(O)C=C2N=Cc3ccccc3C12. The number of carbonyl (C=O) groups is 1. The molecule has 1 atom stereocenters. The molecule has 0 fully saturated rings. The zero-order valence-corrected chi connectivity index (χ0v) is 8.42. The van der Waals surface area contributed by atoms with Crippen LogP contribution >= 0.6 is 0 Å². The first kappa shape index (κ1) is 9.09. The fourth-order valence-electron chi connectivity index (χ4n) is 2.11. The van der Waals surface area contributed by atoms with E-state index >= 15 is 0 Å². The highest BCUT2D eigenvalue weighted by atomic mass is 16.3. The van der Waals surface area contributed by atoms with E-state index in [1.165, 1.54) is 6.08 Å². The number of benzene rings is 1. The highest BCUT2D eigenvalue weighted by molar-refractivity contribution is 6.03. The summed E-state index contributed by atoms with van der Waals surface area (Å²) in [6.07, 6.45) is 4.52. The predicted molar refractivity (Wildman–Crippen MR) is 60.6 cm³/mol. The van der Waals surface area contributed by atoms with Crippen molar-refractivity contribution in [2.24, 2.45) is 4.99 Å². The second-order valence-corrected chi connectivity index (χ2v) is 3.86. The van der Waals surface area contributed by atoms with Crippen LogP contribution in [-0.2, 0) is 4.79 Å². The van der Waals surface area contributed by atoms with Crippen LogP contribution in [0.5, 0.6) is 0 Å². The number of hydrogen-bond donors (Lipinski definition) is 1. The summed E-state index contributed by atoms with van der Waals surface area (Å²) in [6.45, 7) is 0. The first-order valence-corrected chi connectivity index (χ1v) is 5.05. The Morgan fingerprint density at radius 3 is 2.88 bits per heavy atom. The van der Waals surface area contributed by atoms with Crippen molar-refractivity contribution in [2.75, 3.05) is 0 Å². The number of aliphatic imine (C=N–C) groups is 1. The molecule has 1 aromatic rings. The van der Waals surface area contributed by atoms with Gasteiger partial charge in [0.2, 0.25) is 0 Å². The van der Waals surface area contributed by atoms with E-state index in [0.717, 1.165) is 11.1 Å². The van der Waals surface area contributed by atoms with Crippen LogP contribution in [0.15, 0.2) is 52.9 Å². The Morgan fingerprint density at radius 1 is 1.19 bits per heavy atom. The maximum absolute atomic E-state index is 11.9. The third-order valence-electron chi connectivity index (χ3n) is 2.83. The van der Waals surface area contributed by atoms with Gasteiger partial charge >= 0.3 is 0 Å². The maximum Gasteiger partial charge on any atom is 0.172 e. The molecule has 78 valence electrons. The second-order valence-electron chi connectivity index (χ2n) is 3.86. The maximum atomic E-state index is 11.9. The molecule has 1 aliphatic carbocycles. The van der Waals surface area contributed by atoms with Crippen LogP contribution in [0, 0.1) is 0 Å². The predicted octanol–water partition coefficient (Wildman–Crippen LogP) is 2.11. The van der Waals surface area contributed by atoms with Crippen molar-refractivity contribution in [3.05, 3.63) is 59.0 Å². The smallest absolute Gasteiger partial charge is 0.172 e. The molecule has 3 heteroatoms. The summed E-state index contributed by atoms with van der Waals surface area (Å²) in [5.74, 6) is -0.482. The van der Waals surface area contributed by atoms with E-state index in [1.54, 1.807) is 12.3 Å². The van der Waals surface area contributed by atoms with Gasteiger partial charge in [-0.05, 0) is 11.1 Å². The van der Waals surface area contributed by atoms with E-state index in [4.69, 9.17) is 0 Å². The summed E-state index contributed by atoms with van der Waals surface area (Å²) in [7, 11) is 0. The molecule has 0 aromatic heterocycles. The van der Waals surface area contributed by atoms with Gasteiger partial charge in [0.1, 0.15) is 5.76 Å². The van der Waals surface area contributed by atoms with Gasteiger partial charge in [-0.15, -0.1) is 0 Å². The van der Waals surface area contributed by atoms with Crippen molar-refractivity contribution in [1.82, 2.24) is 0 Å². The van der Waals surface area contributed by atoms with Gasteiger partial charge < -0.3 is 5.11 Å². The van der Waals surface area contributed by atoms with Gasteiger partial charge in [0.25, 0.3) is 0 Å². The topological polar surface area (TPSA) is 49.7 Å². The molecular weight excluding hydrogens is 202 g/mol. The molecular formula is C13H9NO2. The summed E-state index contributed by atoms with van der Waals surface area (Å²) in [4.78, 5) is 16.1. The van der Waals surface area contributed by atoms with Crippen LogP contribution in [0.1, 0.15) is 17.0 Å². The summed E-state index contributed by atoms with van der Waals surface area (Å²) < 4.78 is 0. The van der Waals surface area contributed by atoms with E-state index in [-0.39, 0.29) is 17.5 Å². The van der Waals surface area contributed by atoms with Gasteiger partial charge in [0.15, 0.2) is 5.78 Å². The van der Waals surface area contributed by atoms with Crippen LogP contribution in [0.4, 0.5) is 0 Å². The number of allylic oxidation sites excluding steroid dienone is 3. The lowest BCUT2D eigenvalue weighted by Gasteiger charge is -2.23. The highest BCUT2D eigenvalue weighted by Crippen LogP contribution is 2.35. The van der Waals surface area contributed by atoms with Crippen LogP contribution in [-0.4, -0.2) is 17.1 Å². The zero-order valence-electron chi connectivity index (χ0n) is 8.42. The third-order valence-corrected chi connectivity index (χ3v) is 2.83. The monoisotopic (exact) mass is 211 g/mol. The average Bonchev–Trinajstić information content (AvgIpc) is 2.28. The van der Waals surface area contributed by atoms with Gasteiger partial charge in [-0.1, -0.05) is 24.3 Å². The number of hydrogen-bond acceptors (Lipinski definition) is 3. The fourth-order valence-corrected chi connectivity index (χ4v) is 2.11. The number of aliphatic hydroxyl groups is 1. The Kier molecular flexibility index (Phi) is 1.80. The fraction of sp³-hybridized carbons (Fsp3) is 0.0769. The Bertz CT molecular complexity index is 567. The lowest BCUT2D eigenvalue weighted by atomic mass is 9.84. The molecule has 0 bridgehead atoms. The number of carbonyl (C=O) groups excluding carboxylic acids is 1. The molecule has 1 aromatic carbocycles. The van der Waals surface area contributed by atoms with Gasteiger partial charge in [0.05, 0.1) is 11.6 Å². The number of nitrogens with zero attached hydrogens (tertiary/aromatic N) is 1. The molecule has 1 aliphatic heterocycles. The Balaban J connectivity index is 2.21. The molecule has 1 N–H and O–H groups in total. The van der Waals surface area contributed by atoms with E-state index < -0.39 is 0 Å². The van der Waals surface area contributed by atoms with Crippen LogP contribution in [0.25, 0.3) is 0 Å². The van der Waals surface area contributed by atoms with E-state index in [9.17, 15) is 9.90 Å². The largest absolute Gasteiger partial charge is 0.508 e. The number of aliphatic hydroxyl groups excluding tert-OH is 1. The molecule has 0 saturated carbocycles. The summed E-state index contributed by atoms with van der Waals surface area (Å²) in [5, 5.41) is 9.36. The normalized spacial score (nSPS) is 22.0. The zero-order chi connectivity index (χ0) is 11.1. The molecule has 3 nitrogen and oxygen atoms in total. The van der Waals surface area contributed by atoms with Crippen LogP contribution < -0.4 is 0 Å². The molecule has 0 spiro atoms. The van der Waals surface area contributed by atoms with E-state index in [0.29, 0.717) is 5.70 Å². The molecule has 0 saturated heterocycles. The molecule has 16 heavy (non-hydrogen) atoms. The number of fused-ring (bicyclic) bond motifs is 3. The van der Waals surface area contributed by atoms with Crippen molar-refractivity contribution in [3.63, 3.8) is 0 Å². The van der Waals surface area contributed by atoms with Crippen LogP contribution in [0.3, 0.4) is 0 Å². The van der Waals surface area contributed by atoms with Crippen molar-refractivity contribution < 1.29 is 9.90 Å². The van der Waals surface area contributed by atoms with Crippen molar-refractivity contribution in [1.29, 1.82) is 0 Å². The van der Waals surface area contributed by atoms with Crippen LogP contribution in [0.2, 0.25) is 0 Å². The minimum absolute atomic E-state index is 0.0206. The lowest BCUT2D eigenvalue weighted by molar-refractivity contribution is -0.115. The van der Waals surface area contributed by atoms with E-state index in [2.05, 4.69) is 4.99 Å². The molecule has 0 amide bonds. The minimum atomic E-state index is -0.350. The first-order chi connectivity index (χ1) is 7.75. The summed E-state index contributed by atoms with van der Waals surface area (Å²) in [5.41, 5.74) is 2.54. The van der Waals surface area contributed by atoms with Gasteiger partial charge in [-0.25, -0.2) is 0 Å². The van der Waals surface area contributed by atoms with Gasteiger partial charge in [-0.2, -0.15) is 0 Å². The standard InChI is InChI=1S/C13H9NO2/c15-9-5-11-13(12(16)6-9)10-4-2-1-3-8(10)7-14-11/h1-7,13,15H. The Morgan fingerprint density at radius 2 is 2.00 bits per heavy atom. The molecule has 1 unspecified atom stereocenters. The number of rotatable bonds is 0. The van der Waals surface area contributed by atoms with Crippen molar-refractivity contribution >= 4 is 12.0 Å². The summed E-state index contributed by atoms with van der Waals surface area (Å²) in [6, 6.07) is 7.68. The van der Waals surface area contributed by atoms with Crippen molar-refractivity contribution in [3.8, 4) is 0 Å². The highest BCUT2D eigenvalue weighted by Gasteiger charge is 2.30. The second kappa shape index (κ2) is 3.17. The van der Waals surface area contributed by atoms with E-state index in [1.807, 2.05) is 24.3 Å². The molecule has 1 heterocycles. The third kappa shape index (κ3) is 1.21. The number of ketones is 1. The minimum Gasteiger partial charge on any atom is -0.508 e. The van der Waals surface area contributed by atoms with Crippen molar-refractivity contribution in [2.45, 2.75) is 5.92 Å². The average molecular weight is 211 g/mol. The molecule has 0 radical (unpaired) electrons. The quantitative estimate of drug-likeness (QED) is 0.714. The molecule has 3 rings (SSSR count). The first-order valence-electron chi connectivity index (χ1n) is 5.05. The Hall–Kier alpha value is -2.16.